The van der Waals surface area contributed by atoms with E-state index >= 15 is 13.2 Å². The van der Waals surface area contributed by atoms with Gasteiger partial charge in [-0.25, -0.2) is 13.2 Å². The van der Waals surface area contributed by atoms with E-state index in [2.05, 4.69) is 4.98 Å². The second kappa shape index (κ2) is 10.0. The molecular formula is C27H30F3N5O2. The summed E-state index contributed by atoms with van der Waals surface area (Å²) in [7, 11) is 3.00. The van der Waals surface area contributed by atoms with Gasteiger partial charge in [-0.2, -0.15) is 0 Å². The normalized spacial score (nSPS) is 25.8. The van der Waals surface area contributed by atoms with Gasteiger partial charge in [-0.05, 0) is 42.7 Å². The zero-order valence-electron chi connectivity index (χ0n) is 20.9. The van der Waals surface area contributed by atoms with Crippen LogP contribution in [0.4, 0.5) is 18.9 Å². The van der Waals surface area contributed by atoms with E-state index in [1.165, 1.54) is 37.5 Å². The fourth-order valence-electron chi connectivity index (χ4n) is 5.26. The Labute approximate surface area is 213 Å². The summed E-state index contributed by atoms with van der Waals surface area (Å²) in [4.78, 5) is 32.8. The molecule has 0 saturated carbocycles. The topological polar surface area (TPSA) is 106 Å². The Hall–Kier alpha value is -3.66. The van der Waals surface area contributed by atoms with Gasteiger partial charge in [-0.3, -0.25) is 14.6 Å². The first-order valence-corrected chi connectivity index (χ1v) is 12.0. The van der Waals surface area contributed by atoms with Gasteiger partial charge in [0, 0.05) is 73.6 Å². The molecule has 1 aromatic carbocycles. The van der Waals surface area contributed by atoms with Crippen LogP contribution < -0.4 is 16.4 Å². The molecule has 1 aliphatic carbocycles. The van der Waals surface area contributed by atoms with Crippen LogP contribution in [-0.2, 0) is 10.2 Å². The zero-order valence-corrected chi connectivity index (χ0v) is 20.9. The minimum atomic E-state index is -2.41. The largest absolute Gasteiger partial charge is 0.369 e. The molecular weight excluding hydrogens is 483 g/mol. The average molecular weight is 514 g/mol. The molecule has 1 saturated heterocycles. The number of rotatable bonds is 5. The Bertz CT molecular complexity index is 1280. The summed E-state index contributed by atoms with van der Waals surface area (Å²) < 4.78 is 46.9. The molecule has 196 valence electrons. The fraction of sp³-hybridized carbons (Fsp3) is 0.370. The monoisotopic (exact) mass is 513 g/mol. The van der Waals surface area contributed by atoms with Crippen molar-refractivity contribution in [1.82, 2.24) is 9.88 Å². The highest BCUT2D eigenvalue weighted by atomic mass is 19.1. The number of piperidine rings is 1. The third-order valence-corrected chi connectivity index (χ3v) is 7.00. The molecule has 0 radical (unpaired) electrons. The molecule has 0 bridgehead atoms. The van der Waals surface area contributed by atoms with Gasteiger partial charge < -0.3 is 21.3 Å². The summed E-state index contributed by atoms with van der Waals surface area (Å²) in [5.41, 5.74) is 9.33. The van der Waals surface area contributed by atoms with Crippen LogP contribution >= 0.6 is 0 Å². The van der Waals surface area contributed by atoms with Crippen molar-refractivity contribution in [3.05, 3.63) is 77.1 Å². The van der Waals surface area contributed by atoms with E-state index in [9.17, 15) is 9.59 Å². The van der Waals surface area contributed by atoms with Crippen molar-refractivity contribution in [2.75, 3.05) is 32.1 Å². The van der Waals surface area contributed by atoms with E-state index < -0.39 is 46.2 Å². The summed E-state index contributed by atoms with van der Waals surface area (Å²) in [5.74, 6) is -3.35. The average Bonchev–Trinajstić information content (AvgIpc) is 2.84. The number of amides is 2. The lowest BCUT2D eigenvalue weighted by Gasteiger charge is -2.41. The number of pyridine rings is 1. The van der Waals surface area contributed by atoms with Crippen LogP contribution in [0.2, 0.25) is 0 Å². The Morgan fingerprint density at radius 2 is 1.92 bits per heavy atom. The maximum Gasteiger partial charge on any atom is 0.253 e. The molecule has 1 aliphatic heterocycles. The van der Waals surface area contributed by atoms with Crippen molar-refractivity contribution in [1.29, 1.82) is 0 Å². The third kappa shape index (κ3) is 4.61. The van der Waals surface area contributed by atoms with Crippen molar-refractivity contribution in [2.24, 2.45) is 17.4 Å². The Kier molecular flexibility index (Phi) is 7.14. The lowest BCUT2D eigenvalue weighted by Crippen LogP contribution is -2.51. The predicted molar refractivity (Wildman–Crippen MR) is 136 cm³/mol. The Balaban J connectivity index is 1.88. The molecule has 7 nitrogen and oxygen atoms in total. The summed E-state index contributed by atoms with van der Waals surface area (Å²) in [5, 5.41) is 0. The number of nitrogens with two attached hydrogens (primary N) is 2. The first kappa shape index (κ1) is 26.4. The molecule has 2 amide bonds. The standard InChI is InChI=1S/C27H30F3N5O2/c1-15-10-17(31)14-35(13-15)22-7-9-33-12-19(22)27(26(32)37)8-6-21(29)23(24(27)30)18-11-16(4-5-20(18)28)25(36)34(2)3/h4-9,11-12,15,17,24H,10,13-14,31H2,1-3H3,(H2,32,37)/t15-,17+,24?,27?/m1/s1. The van der Waals surface area contributed by atoms with Crippen LogP contribution in [0.1, 0.15) is 34.8 Å². The molecule has 4 N–H and O–H groups in total. The summed E-state index contributed by atoms with van der Waals surface area (Å²) in [6.45, 7) is 3.09. The minimum Gasteiger partial charge on any atom is -0.369 e. The quantitative estimate of drug-likeness (QED) is 0.639. The molecule has 2 aliphatic rings. The summed E-state index contributed by atoms with van der Waals surface area (Å²) in [6.07, 6.45) is 3.21. The third-order valence-electron chi connectivity index (χ3n) is 7.00. The number of anilines is 1. The lowest BCUT2D eigenvalue weighted by molar-refractivity contribution is -0.123. The van der Waals surface area contributed by atoms with Gasteiger partial charge in [0.1, 0.15) is 17.1 Å². The molecule has 1 aromatic heterocycles. The Morgan fingerprint density at radius 1 is 1.19 bits per heavy atom. The molecule has 4 atom stereocenters. The zero-order chi connectivity index (χ0) is 27.1. The Morgan fingerprint density at radius 3 is 2.57 bits per heavy atom. The molecule has 1 fully saturated rings. The van der Waals surface area contributed by atoms with Gasteiger partial charge in [0.25, 0.3) is 5.91 Å². The highest BCUT2D eigenvalue weighted by Crippen LogP contribution is 2.47. The number of hydrogen-bond donors (Lipinski definition) is 2. The number of allylic oxidation sites excluding steroid dienone is 3. The van der Waals surface area contributed by atoms with E-state index in [1.54, 1.807) is 6.07 Å². The second-order valence-corrected chi connectivity index (χ2v) is 9.98. The summed E-state index contributed by atoms with van der Waals surface area (Å²) >= 11 is 0. The first-order valence-electron chi connectivity index (χ1n) is 12.0. The fourth-order valence-corrected chi connectivity index (χ4v) is 5.26. The van der Waals surface area contributed by atoms with Crippen molar-refractivity contribution in [3.63, 3.8) is 0 Å². The van der Waals surface area contributed by atoms with E-state index in [-0.39, 0.29) is 23.1 Å². The minimum absolute atomic E-state index is 0.0338. The molecule has 10 heteroatoms. The molecule has 2 aromatic rings. The number of carbonyl (C=O) groups is 2. The summed E-state index contributed by atoms with van der Waals surface area (Å²) in [6, 6.07) is 4.77. The highest BCUT2D eigenvalue weighted by molar-refractivity contribution is 5.98. The first-order chi connectivity index (χ1) is 17.5. The van der Waals surface area contributed by atoms with Crippen LogP contribution in [0.15, 0.2) is 54.6 Å². The van der Waals surface area contributed by atoms with Crippen molar-refractivity contribution in [2.45, 2.75) is 31.0 Å². The van der Waals surface area contributed by atoms with Crippen LogP contribution in [-0.4, -0.2) is 61.1 Å². The van der Waals surface area contributed by atoms with Crippen LogP contribution in [0.3, 0.4) is 0 Å². The van der Waals surface area contributed by atoms with Crippen molar-refractivity contribution in [3.8, 4) is 0 Å². The molecule has 2 unspecified atom stereocenters. The number of carbonyl (C=O) groups excluding carboxylic acids is 2. The maximum absolute atomic E-state index is 16.6. The SMILES string of the molecule is C[C@@H]1C[C@H](N)CN(c2ccncc2C2(C(N)=O)C=CC(F)=C(c3cc(C(=O)N(C)C)ccc3F)C2F)C1. The van der Waals surface area contributed by atoms with Crippen molar-refractivity contribution < 1.29 is 22.8 Å². The number of primary amides is 1. The van der Waals surface area contributed by atoms with Crippen LogP contribution in [0.5, 0.6) is 0 Å². The van der Waals surface area contributed by atoms with Gasteiger partial charge in [-0.1, -0.05) is 13.0 Å². The van der Waals surface area contributed by atoms with Gasteiger partial charge in [0.05, 0.1) is 0 Å². The number of halogens is 3. The maximum atomic E-state index is 16.6. The highest BCUT2D eigenvalue weighted by Gasteiger charge is 2.52. The van der Waals surface area contributed by atoms with Crippen LogP contribution in [0.25, 0.3) is 5.57 Å². The second-order valence-electron chi connectivity index (χ2n) is 9.98. The number of aromatic nitrogens is 1. The number of hydrogen-bond acceptors (Lipinski definition) is 5. The van der Waals surface area contributed by atoms with Crippen LogP contribution in [0, 0.1) is 11.7 Å². The predicted octanol–water partition coefficient (Wildman–Crippen LogP) is 3.11. The number of alkyl halides is 1. The molecule has 2 heterocycles. The molecule has 4 rings (SSSR count). The van der Waals surface area contributed by atoms with E-state index in [4.69, 9.17) is 11.5 Å². The van der Waals surface area contributed by atoms with Gasteiger partial charge in [0.2, 0.25) is 5.91 Å². The molecule has 37 heavy (non-hydrogen) atoms. The number of benzene rings is 1. The molecule has 0 spiro atoms. The van der Waals surface area contributed by atoms with E-state index in [0.29, 0.717) is 18.8 Å². The number of nitrogens with zero attached hydrogens (tertiary/aromatic N) is 3. The van der Waals surface area contributed by atoms with E-state index in [1.807, 2.05) is 11.8 Å². The smallest absolute Gasteiger partial charge is 0.253 e. The van der Waals surface area contributed by atoms with Gasteiger partial charge in [-0.15, -0.1) is 0 Å². The van der Waals surface area contributed by atoms with Crippen molar-refractivity contribution >= 4 is 23.1 Å². The van der Waals surface area contributed by atoms with E-state index in [0.717, 1.165) is 30.7 Å². The van der Waals surface area contributed by atoms with Gasteiger partial charge in [0.15, 0.2) is 6.17 Å². The lowest BCUT2D eigenvalue weighted by atomic mass is 9.69. The van der Waals surface area contributed by atoms with Gasteiger partial charge >= 0.3 is 0 Å².